The van der Waals surface area contributed by atoms with Crippen molar-refractivity contribution in [2.45, 2.75) is 26.7 Å². The summed E-state index contributed by atoms with van der Waals surface area (Å²) in [4.78, 5) is 23.4. The van der Waals surface area contributed by atoms with Gasteiger partial charge in [0.05, 0.1) is 6.61 Å². The summed E-state index contributed by atoms with van der Waals surface area (Å²) in [5.41, 5.74) is 2.34. The second-order valence-corrected chi connectivity index (χ2v) is 3.89. The number of amides is 1. The molecule has 0 spiro atoms. The van der Waals surface area contributed by atoms with Gasteiger partial charge in [-0.2, -0.15) is 15.0 Å². The Balaban J connectivity index is 2.57. The second kappa shape index (κ2) is 8.86. The van der Waals surface area contributed by atoms with E-state index in [4.69, 9.17) is 10.6 Å². The van der Waals surface area contributed by atoms with E-state index in [1.165, 1.54) is 0 Å². The number of aromatic nitrogens is 3. The molecular formula is C11H21N7O2. The van der Waals surface area contributed by atoms with E-state index < -0.39 is 0 Å². The van der Waals surface area contributed by atoms with Crippen molar-refractivity contribution < 1.29 is 9.53 Å². The minimum absolute atomic E-state index is 0.0336. The highest BCUT2D eigenvalue weighted by molar-refractivity contribution is 5.76. The van der Waals surface area contributed by atoms with Gasteiger partial charge in [-0.25, -0.2) is 5.84 Å². The number of hydrogen-bond acceptors (Lipinski definition) is 8. The number of nitrogens with two attached hydrogens (primary N) is 1. The third-order valence-electron chi connectivity index (χ3n) is 2.19. The van der Waals surface area contributed by atoms with Gasteiger partial charge >= 0.3 is 6.01 Å². The summed E-state index contributed by atoms with van der Waals surface area (Å²) < 4.78 is 5.33. The van der Waals surface area contributed by atoms with Crippen LogP contribution in [0, 0.1) is 0 Å². The summed E-state index contributed by atoms with van der Waals surface area (Å²) in [5, 5.41) is 5.63. The van der Waals surface area contributed by atoms with Crippen molar-refractivity contribution >= 4 is 17.8 Å². The monoisotopic (exact) mass is 283 g/mol. The van der Waals surface area contributed by atoms with Crippen molar-refractivity contribution in [2.75, 3.05) is 30.4 Å². The van der Waals surface area contributed by atoms with Crippen LogP contribution in [0.3, 0.4) is 0 Å². The number of nitrogens with zero attached hydrogens (tertiary/aromatic N) is 3. The predicted octanol–water partition coefficient (Wildman–Crippen LogP) is -0.116. The summed E-state index contributed by atoms with van der Waals surface area (Å²) >= 11 is 0. The van der Waals surface area contributed by atoms with Gasteiger partial charge in [-0.3, -0.25) is 10.2 Å². The molecule has 1 aromatic rings. The number of rotatable bonds is 9. The normalized spacial score (nSPS) is 9.95. The zero-order chi connectivity index (χ0) is 14.8. The SMILES string of the molecule is CCCOc1nc(NN)nc(NCCC(=O)NCC)n1. The zero-order valence-electron chi connectivity index (χ0n) is 11.8. The predicted molar refractivity (Wildman–Crippen MR) is 75.2 cm³/mol. The van der Waals surface area contributed by atoms with Crippen LogP contribution < -0.4 is 26.6 Å². The number of carbonyl (C=O) groups is 1. The minimum Gasteiger partial charge on any atom is -0.463 e. The number of carbonyl (C=O) groups excluding carboxylic acids is 1. The molecule has 5 N–H and O–H groups in total. The molecule has 0 aliphatic carbocycles. The first-order chi connectivity index (χ1) is 9.69. The van der Waals surface area contributed by atoms with Gasteiger partial charge in [0.1, 0.15) is 0 Å². The molecule has 0 saturated carbocycles. The average molecular weight is 283 g/mol. The molecule has 9 nitrogen and oxygen atoms in total. The first-order valence-corrected chi connectivity index (χ1v) is 6.55. The number of ether oxygens (including phenoxy) is 1. The molecule has 0 bridgehead atoms. The summed E-state index contributed by atoms with van der Waals surface area (Å²) in [7, 11) is 0. The van der Waals surface area contributed by atoms with E-state index in [2.05, 4.69) is 31.0 Å². The maximum atomic E-state index is 11.3. The molecule has 0 aliphatic heterocycles. The molecule has 1 rings (SSSR count). The highest BCUT2D eigenvalue weighted by Crippen LogP contribution is 2.10. The third kappa shape index (κ3) is 5.65. The van der Waals surface area contributed by atoms with Crippen molar-refractivity contribution in [1.29, 1.82) is 0 Å². The van der Waals surface area contributed by atoms with Crippen LogP contribution in [0.25, 0.3) is 0 Å². The van der Waals surface area contributed by atoms with Crippen LogP contribution >= 0.6 is 0 Å². The molecule has 0 radical (unpaired) electrons. The highest BCUT2D eigenvalue weighted by Gasteiger charge is 2.07. The van der Waals surface area contributed by atoms with Crippen molar-refractivity contribution in [3.05, 3.63) is 0 Å². The molecule has 0 saturated heterocycles. The van der Waals surface area contributed by atoms with Crippen LogP contribution in [-0.4, -0.2) is 40.6 Å². The van der Waals surface area contributed by atoms with E-state index in [9.17, 15) is 4.79 Å². The van der Waals surface area contributed by atoms with Crippen LogP contribution in [0.5, 0.6) is 6.01 Å². The molecule has 0 aromatic carbocycles. The van der Waals surface area contributed by atoms with E-state index in [1.807, 2.05) is 13.8 Å². The second-order valence-electron chi connectivity index (χ2n) is 3.89. The molecule has 9 heteroatoms. The van der Waals surface area contributed by atoms with Gasteiger partial charge in [0.15, 0.2) is 0 Å². The lowest BCUT2D eigenvalue weighted by Gasteiger charge is -2.08. The number of anilines is 2. The van der Waals surface area contributed by atoms with Gasteiger partial charge < -0.3 is 15.4 Å². The Kier molecular flexibility index (Phi) is 7.04. The lowest BCUT2D eigenvalue weighted by Crippen LogP contribution is -2.25. The van der Waals surface area contributed by atoms with Gasteiger partial charge in [-0.15, -0.1) is 0 Å². The van der Waals surface area contributed by atoms with Crippen molar-refractivity contribution in [2.24, 2.45) is 5.84 Å². The molecule has 0 aliphatic rings. The zero-order valence-corrected chi connectivity index (χ0v) is 11.8. The largest absolute Gasteiger partial charge is 0.463 e. The Morgan fingerprint density at radius 1 is 1.25 bits per heavy atom. The smallest absolute Gasteiger partial charge is 0.323 e. The van der Waals surface area contributed by atoms with Crippen molar-refractivity contribution in [3.8, 4) is 6.01 Å². The number of hydrazine groups is 1. The molecular weight excluding hydrogens is 262 g/mol. The van der Waals surface area contributed by atoms with E-state index in [1.54, 1.807) is 0 Å². The first kappa shape index (κ1) is 15.9. The van der Waals surface area contributed by atoms with Crippen molar-refractivity contribution in [3.63, 3.8) is 0 Å². The Bertz CT molecular complexity index is 427. The van der Waals surface area contributed by atoms with Gasteiger partial charge in [0.2, 0.25) is 17.8 Å². The number of hydrogen-bond donors (Lipinski definition) is 4. The maximum absolute atomic E-state index is 11.3. The minimum atomic E-state index is -0.0336. The van der Waals surface area contributed by atoms with Gasteiger partial charge in [-0.1, -0.05) is 6.92 Å². The Morgan fingerprint density at radius 3 is 2.65 bits per heavy atom. The van der Waals surface area contributed by atoms with Crippen molar-refractivity contribution in [1.82, 2.24) is 20.3 Å². The summed E-state index contributed by atoms with van der Waals surface area (Å²) in [6, 6.07) is 0.190. The lowest BCUT2D eigenvalue weighted by atomic mass is 10.4. The molecule has 112 valence electrons. The summed E-state index contributed by atoms with van der Waals surface area (Å²) in [6.45, 7) is 5.38. The van der Waals surface area contributed by atoms with Crippen LogP contribution in [0.2, 0.25) is 0 Å². The molecule has 1 amide bonds. The number of nitrogen functional groups attached to an aromatic ring is 1. The molecule has 1 aromatic heterocycles. The van der Waals surface area contributed by atoms with E-state index in [0.717, 1.165) is 6.42 Å². The van der Waals surface area contributed by atoms with E-state index in [0.29, 0.717) is 32.1 Å². The fourth-order valence-electron chi connectivity index (χ4n) is 1.33. The standard InChI is InChI=1S/C11H21N7O2/c1-3-7-20-11-16-9(15-10(17-11)18-12)14-6-5-8(19)13-4-2/h3-7,12H2,1-2H3,(H,13,19)(H2,14,15,16,17,18). The fraction of sp³-hybridized carbons (Fsp3) is 0.636. The van der Waals surface area contributed by atoms with E-state index >= 15 is 0 Å². The molecule has 1 heterocycles. The quantitative estimate of drug-likeness (QED) is 0.365. The third-order valence-corrected chi connectivity index (χ3v) is 2.19. The molecule has 0 unspecified atom stereocenters. The highest BCUT2D eigenvalue weighted by atomic mass is 16.5. The Labute approximate surface area is 117 Å². The Morgan fingerprint density at radius 2 is 2.00 bits per heavy atom. The van der Waals surface area contributed by atoms with Gasteiger partial charge in [0, 0.05) is 19.5 Å². The van der Waals surface area contributed by atoms with Gasteiger partial charge in [0.25, 0.3) is 0 Å². The van der Waals surface area contributed by atoms with Crippen LogP contribution in [0.15, 0.2) is 0 Å². The lowest BCUT2D eigenvalue weighted by molar-refractivity contribution is -0.120. The van der Waals surface area contributed by atoms with E-state index in [-0.39, 0.29) is 17.9 Å². The van der Waals surface area contributed by atoms with Crippen LogP contribution in [0.1, 0.15) is 26.7 Å². The number of nitrogens with one attached hydrogen (secondary N) is 3. The molecule has 20 heavy (non-hydrogen) atoms. The topological polar surface area (TPSA) is 127 Å². The molecule has 0 fully saturated rings. The molecule has 0 atom stereocenters. The summed E-state index contributed by atoms with van der Waals surface area (Å²) in [6.07, 6.45) is 1.17. The van der Waals surface area contributed by atoms with Gasteiger partial charge in [-0.05, 0) is 13.3 Å². The average Bonchev–Trinajstić information content (AvgIpc) is 2.45. The maximum Gasteiger partial charge on any atom is 0.323 e. The fourth-order valence-corrected chi connectivity index (χ4v) is 1.33. The van der Waals surface area contributed by atoms with Crippen LogP contribution in [-0.2, 0) is 4.79 Å². The first-order valence-electron chi connectivity index (χ1n) is 6.55. The summed E-state index contributed by atoms with van der Waals surface area (Å²) in [5.74, 6) is 5.76. The Hall–Kier alpha value is -2.16. The van der Waals surface area contributed by atoms with Crippen LogP contribution in [0.4, 0.5) is 11.9 Å².